The average molecular weight is 292 g/mol. The molecule has 2 heterocycles. The van der Waals surface area contributed by atoms with Gasteiger partial charge >= 0.3 is 6.09 Å². The molecule has 21 heavy (non-hydrogen) atoms. The van der Waals surface area contributed by atoms with Crippen LogP contribution in [0.3, 0.4) is 0 Å². The summed E-state index contributed by atoms with van der Waals surface area (Å²) in [7, 11) is 0. The first-order valence-electron chi connectivity index (χ1n) is 6.91. The quantitative estimate of drug-likeness (QED) is 0.783. The van der Waals surface area contributed by atoms with E-state index < -0.39 is 5.60 Å². The molecule has 0 aliphatic carbocycles. The molecule has 1 aliphatic rings. The molecule has 0 radical (unpaired) electrons. The Morgan fingerprint density at radius 1 is 1.24 bits per heavy atom. The maximum atomic E-state index is 12.0. The summed E-state index contributed by atoms with van der Waals surface area (Å²) in [6.07, 6.45) is 1.35. The highest BCUT2D eigenvalue weighted by Gasteiger charge is 2.25. The highest BCUT2D eigenvalue weighted by atomic mass is 16.6. The number of carbonyl (C=O) groups excluding carboxylic acids is 1. The number of rotatable bonds is 2. The highest BCUT2D eigenvalue weighted by molar-refractivity contribution is 5.68. The molecule has 0 atom stereocenters. The lowest BCUT2D eigenvalue weighted by Crippen LogP contribution is -2.50. The van der Waals surface area contributed by atoms with Crippen LogP contribution in [0.4, 0.5) is 16.3 Å². The van der Waals surface area contributed by atoms with Gasteiger partial charge < -0.3 is 14.5 Å². The first kappa shape index (κ1) is 15.2. The molecule has 2 rings (SSSR count). The van der Waals surface area contributed by atoms with Gasteiger partial charge in [0.2, 0.25) is 0 Å². The Hall–Kier alpha value is -2.18. The minimum Gasteiger partial charge on any atom is -0.444 e. The predicted octanol–water partition coefficient (Wildman–Crippen LogP) is 2.54. The summed E-state index contributed by atoms with van der Waals surface area (Å²) in [4.78, 5) is 30.1. The lowest BCUT2D eigenvalue weighted by atomic mass is 10.2. The van der Waals surface area contributed by atoms with Gasteiger partial charge in [-0.05, 0) is 38.1 Å². The highest BCUT2D eigenvalue weighted by Crippen LogP contribution is 2.19. The molecule has 0 spiro atoms. The van der Waals surface area contributed by atoms with Gasteiger partial charge in [0, 0.05) is 26.2 Å². The largest absolute Gasteiger partial charge is 0.444 e. The number of hydrogen-bond acceptors (Lipinski definition) is 6. The number of piperazine rings is 1. The number of nitroso groups, excluding NO2 is 1. The molecular formula is C14H20N4O3. The van der Waals surface area contributed by atoms with E-state index in [9.17, 15) is 9.70 Å². The Labute approximate surface area is 123 Å². The van der Waals surface area contributed by atoms with Crippen LogP contribution in [0, 0.1) is 4.91 Å². The van der Waals surface area contributed by atoms with Gasteiger partial charge in [-0.1, -0.05) is 0 Å². The zero-order valence-corrected chi connectivity index (χ0v) is 12.6. The SMILES string of the molecule is CC(C)(C)OC(=O)N1CCN(c2ccc(N=O)nc2)CC1. The van der Waals surface area contributed by atoms with Crippen LogP contribution in [0.1, 0.15) is 20.8 Å². The van der Waals surface area contributed by atoms with E-state index in [1.54, 1.807) is 17.2 Å². The molecule has 7 nitrogen and oxygen atoms in total. The van der Waals surface area contributed by atoms with Crippen molar-refractivity contribution in [2.24, 2.45) is 5.18 Å². The Kier molecular flexibility index (Phi) is 4.40. The van der Waals surface area contributed by atoms with Crippen LogP contribution in [0.15, 0.2) is 23.5 Å². The van der Waals surface area contributed by atoms with E-state index in [-0.39, 0.29) is 11.9 Å². The number of hydrogen-bond donors (Lipinski definition) is 0. The van der Waals surface area contributed by atoms with Crippen molar-refractivity contribution in [2.75, 3.05) is 31.1 Å². The third kappa shape index (κ3) is 4.14. The van der Waals surface area contributed by atoms with E-state index in [2.05, 4.69) is 15.1 Å². The van der Waals surface area contributed by atoms with E-state index in [0.29, 0.717) is 26.2 Å². The molecule has 1 aromatic rings. The van der Waals surface area contributed by atoms with Crippen molar-refractivity contribution in [2.45, 2.75) is 26.4 Å². The summed E-state index contributed by atoms with van der Waals surface area (Å²) in [5.74, 6) is 0.172. The normalized spacial score (nSPS) is 15.8. The second-order valence-corrected chi connectivity index (χ2v) is 5.92. The van der Waals surface area contributed by atoms with Gasteiger partial charge in [-0.2, -0.15) is 0 Å². The van der Waals surface area contributed by atoms with Crippen LogP contribution in [0.25, 0.3) is 0 Å². The van der Waals surface area contributed by atoms with Gasteiger partial charge in [0.05, 0.1) is 11.9 Å². The van der Waals surface area contributed by atoms with Crippen LogP contribution < -0.4 is 4.90 Å². The minimum absolute atomic E-state index is 0.172. The van der Waals surface area contributed by atoms with Crippen LogP contribution in [-0.4, -0.2) is 47.8 Å². The molecule has 1 aromatic heterocycles. The maximum Gasteiger partial charge on any atom is 0.410 e. The topological polar surface area (TPSA) is 75.1 Å². The summed E-state index contributed by atoms with van der Waals surface area (Å²) >= 11 is 0. The molecule has 1 saturated heterocycles. The predicted molar refractivity (Wildman–Crippen MR) is 79.7 cm³/mol. The molecule has 0 aromatic carbocycles. The van der Waals surface area contributed by atoms with E-state index in [1.165, 1.54) is 0 Å². The summed E-state index contributed by atoms with van der Waals surface area (Å²) in [6, 6.07) is 3.40. The van der Waals surface area contributed by atoms with Crippen molar-refractivity contribution in [3.63, 3.8) is 0 Å². The molecule has 0 bridgehead atoms. The van der Waals surface area contributed by atoms with E-state index >= 15 is 0 Å². The molecule has 0 saturated carbocycles. The average Bonchev–Trinajstić information content (AvgIpc) is 2.46. The fourth-order valence-corrected chi connectivity index (χ4v) is 2.09. The Morgan fingerprint density at radius 3 is 2.38 bits per heavy atom. The smallest absolute Gasteiger partial charge is 0.410 e. The number of nitrogens with zero attached hydrogens (tertiary/aromatic N) is 4. The molecular weight excluding hydrogens is 272 g/mol. The molecule has 7 heteroatoms. The number of anilines is 1. The fraction of sp³-hybridized carbons (Fsp3) is 0.571. The second-order valence-electron chi connectivity index (χ2n) is 5.92. The van der Waals surface area contributed by atoms with E-state index in [0.717, 1.165) is 5.69 Å². The summed E-state index contributed by atoms with van der Waals surface area (Å²) in [5.41, 5.74) is 0.446. The zero-order valence-electron chi connectivity index (χ0n) is 12.6. The first-order valence-corrected chi connectivity index (χ1v) is 6.91. The minimum atomic E-state index is -0.476. The first-order chi connectivity index (χ1) is 9.89. The fourth-order valence-electron chi connectivity index (χ4n) is 2.09. The van der Waals surface area contributed by atoms with Gasteiger partial charge in [0.1, 0.15) is 5.60 Å². The summed E-state index contributed by atoms with van der Waals surface area (Å²) in [6.45, 7) is 8.18. The number of ether oxygens (including phenoxy) is 1. The number of amides is 1. The lowest BCUT2D eigenvalue weighted by molar-refractivity contribution is 0.0240. The van der Waals surface area contributed by atoms with Crippen LogP contribution in [0.2, 0.25) is 0 Å². The van der Waals surface area contributed by atoms with Gasteiger partial charge in [-0.15, -0.1) is 4.91 Å². The van der Waals surface area contributed by atoms with Gasteiger partial charge in [-0.25, -0.2) is 9.78 Å². The van der Waals surface area contributed by atoms with Crippen molar-refractivity contribution >= 4 is 17.6 Å². The number of carbonyl (C=O) groups is 1. The standard InChI is InChI=1S/C14H20N4O3/c1-14(2,3)21-13(19)18-8-6-17(7-9-18)11-4-5-12(16-20)15-10-11/h4-5,10H,6-9H2,1-3H3. The van der Waals surface area contributed by atoms with Crippen molar-refractivity contribution in [3.05, 3.63) is 23.2 Å². The maximum absolute atomic E-state index is 12.0. The van der Waals surface area contributed by atoms with Crippen molar-refractivity contribution < 1.29 is 9.53 Å². The number of aromatic nitrogens is 1. The van der Waals surface area contributed by atoms with Gasteiger partial charge in [0.15, 0.2) is 5.82 Å². The lowest BCUT2D eigenvalue weighted by Gasteiger charge is -2.36. The molecule has 0 unspecified atom stereocenters. The van der Waals surface area contributed by atoms with Crippen LogP contribution in [0.5, 0.6) is 0 Å². The molecule has 0 N–H and O–H groups in total. The Balaban J connectivity index is 1.90. The molecule has 114 valence electrons. The summed E-state index contributed by atoms with van der Waals surface area (Å²) in [5, 5.41) is 2.78. The zero-order chi connectivity index (χ0) is 15.5. The third-order valence-electron chi connectivity index (χ3n) is 3.12. The third-order valence-corrected chi connectivity index (χ3v) is 3.12. The van der Waals surface area contributed by atoms with Gasteiger partial charge in [-0.3, -0.25) is 0 Å². The molecule has 1 aliphatic heterocycles. The van der Waals surface area contributed by atoms with E-state index in [4.69, 9.17) is 4.74 Å². The molecule has 1 fully saturated rings. The Bertz CT molecular complexity index is 502. The van der Waals surface area contributed by atoms with Crippen molar-refractivity contribution in [3.8, 4) is 0 Å². The molecule has 1 amide bonds. The number of pyridine rings is 1. The van der Waals surface area contributed by atoms with Crippen molar-refractivity contribution in [1.29, 1.82) is 0 Å². The second kappa shape index (κ2) is 6.07. The van der Waals surface area contributed by atoms with E-state index in [1.807, 2.05) is 26.8 Å². The van der Waals surface area contributed by atoms with Crippen LogP contribution in [-0.2, 0) is 4.74 Å². The Morgan fingerprint density at radius 2 is 1.90 bits per heavy atom. The summed E-state index contributed by atoms with van der Waals surface area (Å²) < 4.78 is 5.36. The van der Waals surface area contributed by atoms with Crippen LogP contribution >= 0.6 is 0 Å². The monoisotopic (exact) mass is 292 g/mol. The van der Waals surface area contributed by atoms with Gasteiger partial charge in [0.25, 0.3) is 0 Å². The van der Waals surface area contributed by atoms with Crippen molar-refractivity contribution in [1.82, 2.24) is 9.88 Å².